The van der Waals surface area contributed by atoms with Crippen LogP contribution in [0.3, 0.4) is 0 Å². The van der Waals surface area contributed by atoms with Crippen LogP contribution in [-0.2, 0) is 16.6 Å². The van der Waals surface area contributed by atoms with E-state index in [2.05, 4.69) is 15.3 Å². The van der Waals surface area contributed by atoms with Crippen LogP contribution in [0.2, 0.25) is 0 Å². The summed E-state index contributed by atoms with van der Waals surface area (Å²) >= 11 is 0. The number of nitrogen functional groups attached to an aromatic ring is 1. The first kappa shape index (κ1) is 18.9. The molecule has 0 radical (unpaired) electrons. The summed E-state index contributed by atoms with van der Waals surface area (Å²) in [5, 5.41) is 2.65. The van der Waals surface area contributed by atoms with Gasteiger partial charge in [0.2, 0.25) is 0 Å². The van der Waals surface area contributed by atoms with E-state index in [1.807, 2.05) is 29.8 Å². The number of carbonyl (C=O) groups excluding carboxylic acids is 2. The molecule has 29 heavy (non-hydrogen) atoms. The lowest BCUT2D eigenvalue weighted by Crippen LogP contribution is -2.44. The number of pyridine rings is 1. The zero-order valence-corrected chi connectivity index (χ0v) is 16.6. The van der Waals surface area contributed by atoms with Crippen LogP contribution in [-0.4, -0.2) is 37.8 Å². The van der Waals surface area contributed by atoms with Gasteiger partial charge in [-0.15, -0.1) is 0 Å². The number of nitrogens with one attached hydrogen (secondary N) is 1. The molecule has 0 aliphatic carbocycles. The summed E-state index contributed by atoms with van der Waals surface area (Å²) in [6, 6.07) is 7.50. The molecule has 8 nitrogen and oxygen atoms in total. The Labute approximate surface area is 168 Å². The lowest BCUT2D eigenvalue weighted by Gasteiger charge is -2.35. The molecule has 1 aliphatic heterocycles. The molecule has 0 saturated carbocycles. The van der Waals surface area contributed by atoms with Crippen molar-refractivity contribution in [3.8, 4) is 0 Å². The highest BCUT2D eigenvalue weighted by Gasteiger charge is 2.33. The predicted octanol–water partition coefficient (Wildman–Crippen LogP) is 2.55. The van der Waals surface area contributed by atoms with Crippen molar-refractivity contribution >= 4 is 34.4 Å². The second-order valence-corrected chi connectivity index (χ2v) is 7.46. The third kappa shape index (κ3) is 3.53. The summed E-state index contributed by atoms with van der Waals surface area (Å²) in [5.41, 5.74) is 9.78. The van der Waals surface area contributed by atoms with Crippen molar-refractivity contribution in [3.63, 3.8) is 0 Å². The molecule has 4 rings (SSSR count). The quantitative estimate of drug-likeness (QED) is 0.652. The Bertz CT molecular complexity index is 1090. The van der Waals surface area contributed by atoms with Crippen molar-refractivity contribution < 1.29 is 9.59 Å². The zero-order chi connectivity index (χ0) is 20.5. The molecule has 0 spiro atoms. The number of imidazole rings is 1. The van der Waals surface area contributed by atoms with Crippen molar-refractivity contribution in [2.75, 3.05) is 17.6 Å². The molecule has 3 heterocycles. The number of rotatable bonds is 2. The van der Waals surface area contributed by atoms with Gasteiger partial charge in [0, 0.05) is 19.2 Å². The molecular weight excluding hydrogens is 368 g/mol. The third-order valence-corrected chi connectivity index (χ3v) is 5.48. The monoisotopic (exact) mass is 392 g/mol. The summed E-state index contributed by atoms with van der Waals surface area (Å²) in [5.74, 6) is -0.818. The molecule has 2 amide bonds. The van der Waals surface area contributed by atoms with Crippen LogP contribution >= 0.6 is 0 Å². The highest BCUT2D eigenvalue weighted by molar-refractivity contribution is 6.39. The first-order valence-electron chi connectivity index (χ1n) is 9.69. The molecule has 150 valence electrons. The summed E-state index contributed by atoms with van der Waals surface area (Å²) in [4.78, 5) is 35.9. The Kier molecular flexibility index (Phi) is 4.92. The van der Waals surface area contributed by atoms with Gasteiger partial charge in [-0.25, -0.2) is 9.97 Å². The number of amides is 2. The number of anilines is 2. The number of nitrogens with zero attached hydrogens (tertiary/aromatic N) is 4. The Hall–Kier alpha value is -3.42. The zero-order valence-electron chi connectivity index (χ0n) is 16.6. The highest BCUT2D eigenvalue weighted by Crippen LogP contribution is 2.34. The third-order valence-electron chi connectivity index (χ3n) is 5.48. The van der Waals surface area contributed by atoms with Crippen LogP contribution in [0.5, 0.6) is 0 Å². The minimum atomic E-state index is -0.670. The molecule has 3 aromatic rings. The van der Waals surface area contributed by atoms with E-state index in [1.54, 1.807) is 24.2 Å². The number of carbonyl (C=O) groups is 2. The van der Waals surface area contributed by atoms with E-state index in [0.29, 0.717) is 18.1 Å². The minimum Gasteiger partial charge on any atom is -0.383 e. The standard InChI is InChI=1S/C21H24N6O2/c1-13-10-14(11-23-19(13)22)25-20(28)21(29)27-9-4-3-7-16(27)15-6-5-8-17-18(15)24-12-26(17)2/h5-6,8,10-12,16H,3-4,7,9H2,1-2H3,(H2,22,23)(H,25,28). The van der Waals surface area contributed by atoms with Gasteiger partial charge in [-0.05, 0) is 43.9 Å². The van der Waals surface area contributed by atoms with Gasteiger partial charge in [0.05, 0.1) is 35.3 Å². The van der Waals surface area contributed by atoms with E-state index in [1.165, 1.54) is 6.20 Å². The van der Waals surface area contributed by atoms with E-state index >= 15 is 0 Å². The normalized spacial score (nSPS) is 16.8. The number of aryl methyl sites for hydroxylation is 2. The van der Waals surface area contributed by atoms with Gasteiger partial charge >= 0.3 is 11.8 Å². The smallest absolute Gasteiger partial charge is 0.313 e. The van der Waals surface area contributed by atoms with Crippen molar-refractivity contribution in [1.82, 2.24) is 19.4 Å². The maximum absolute atomic E-state index is 13.0. The summed E-state index contributed by atoms with van der Waals surface area (Å²) in [6.45, 7) is 2.34. The molecule has 2 aromatic heterocycles. The number of hydrogen-bond acceptors (Lipinski definition) is 5. The topological polar surface area (TPSA) is 106 Å². The number of hydrogen-bond donors (Lipinski definition) is 2. The van der Waals surface area contributed by atoms with Gasteiger partial charge in [0.25, 0.3) is 0 Å². The number of aromatic nitrogens is 3. The van der Waals surface area contributed by atoms with Crippen LogP contribution < -0.4 is 11.1 Å². The molecule has 1 saturated heterocycles. The van der Waals surface area contributed by atoms with Gasteiger partial charge in [0.1, 0.15) is 5.82 Å². The average Bonchev–Trinajstić information content (AvgIpc) is 3.11. The van der Waals surface area contributed by atoms with Crippen LogP contribution in [0.15, 0.2) is 36.8 Å². The van der Waals surface area contributed by atoms with Gasteiger partial charge < -0.3 is 20.5 Å². The molecule has 1 unspecified atom stereocenters. The van der Waals surface area contributed by atoms with Crippen LogP contribution in [0.1, 0.15) is 36.4 Å². The maximum Gasteiger partial charge on any atom is 0.313 e. The van der Waals surface area contributed by atoms with E-state index in [9.17, 15) is 9.59 Å². The highest BCUT2D eigenvalue weighted by atomic mass is 16.2. The molecule has 0 bridgehead atoms. The molecule has 3 N–H and O–H groups in total. The van der Waals surface area contributed by atoms with E-state index in [0.717, 1.165) is 41.4 Å². The molecule has 1 fully saturated rings. The molecule has 1 aliphatic rings. The van der Waals surface area contributed by atoms with Crippen LogP contribution in [0.25, 0.3) is 11.0 Å². The van der Waals surface area contributed by atoms with Crippen molar-refractivity contribution in [1.29, 1.82) is 0 Å². The second-order valence-electron chi connectivity index (χ2n) is 7.46. The number of fused-ring (bicyclic) bond motifs is 1. The minimum absolute atomic E-state index is 0.174. The van der Waals surface area contributed by atoms with Crippen molar-refractivity contribution in [3.05, 3.63) is 47.9 Å². The summed E-state index contributed by atoms with van der Waals surface area (Å²) in [6.07, 6.45) is 5.90. The first-order valence-corrected chi connectivity index (χ1v) is 9.69. The van der Waals surface area contributed by atoms with E-state index in [-0.39, 0.29) is 6.04 Å². The number of benzene rings is 1. The van der Waals surface area contributed by atoms with E-state index in [4.69, 9.17) is 5.73 Å². The molecule has 1 atom stereocenters. The first-order chi connectivity index (χ1) is 14.0. The Morgan fingerprint density at radius 2 is 2.07 bits per heavy atom. The molecular formula is C21H24N6O2. The van der Waals surface area contributed by atoms with Crippen LogP contribution in [0, 0.1) is 6.92 Å². The predicted molar refractivity (Wildman–Crippen MR) is 111 cm³/mol. The van der Waals surface area contributed by atoms with Gasteiger partial charge in [-0.3, -0.25) is 9.59 Å². The maximum atomic E-state index is 13.0. The number of piperidine rings is 1. The average molecular weight is 392 g/mol. The van der Waals surface area contributed by atoms with Gasteiger partial charge in [-0.2, -0.15) is 0 Å². The fourth-order valence-corrected chi connectivity index (χ4v) is 3.92. The lowest BCUT2D eigenvalue weighted by atomic mass is 9.94. The van der Waals surface area contributed by atoms with Crippen molar-refractivity contribution in [2.45, 2.75) is 32.2 Å². The number of para-hydroxylation sites is 1. The fourth-order valence-electron chi connectivity index (χ4n) is 3.92. The van der Waals surface area contributed by atoms with Gasteiger partial charge in [-0.1, -0.05) is 12.1 Å². The number of likely N-dealkylation sites (tertiary alicyclic amines) is 1. The summed E-state index contributed by atoms with van der Waals surface area (Å²) in [7, 11) is 1.94. The Morgan fingerprint density at radius 3 is 2.86 bits per heavy atom. The van der Waals surface area contributed by atoms with Crippen molar-refractivity contribution in [2.24, 2.45) is 7.05 Å². The Morgan fingerprint density at radius 1 is 1.24 bits per heavy atom. The van der Waals surface area contributed by atoms with Crippen LogP contribution in [0.4, 0.5) is 11.5 Å². The second kappa shape index (κ2) is 7.54. The SMILES string of the molecule is Cc1cc(NC(=O)C(=O)N2CCCCC2c2cccc3c2ncn3C)cnc1N. The largest absolute Gasteiger partial charge is 0.383 e. The van der Waals surface area contributed by atoms with Gasteiger partial charge in [0.15, 0.2) is 0 Å². The molecule has 8 heteroatoms. The number of nitrogens with two attached hydrogens (primary N) is 1. The Balaban J connectivity index is 1.60. The summed E-state index contributed by atoms with van der Waals surface area (Å²) < 4.78 is 1.96. The van der Waals surface area contributed by atoms with E-state index < -0.39 is 11.8 Å². The molecule has 1 aromatic carbocycles. The fraction of sp³-hybridized carbons (Fsp3) is 0.333. The lowest BCUT2D eigenvalue weighted by molar-refractivity contribution is -0.145.